The summed E-state index contributed by atoms with van der Waals surface area (Å²) >= 11 is 1.88. The van der Waals surface area contributed by atoms with Crippen molar-refractivity contribution in [3.05, 3.63) is 212 Å². The maximum atomic E-state index is 2.46. The van der Waals surface area contributed by atoms with Crippen molar-refractivity contribution >= 4 is 59.3 Å². The molecule has 9 aromatic carbocycles. The van der Waals surface area contributed by atoms with Crippen LogP contribution in [0.5, 0.6) is 0 Å². The van der Waals surface area contributed by atoms with Gasteiger partial charge in [-0.1, -0.05) is 182 Å². The summed E-state index contributed by atoms with van der Waals surface area (Å²) in [4.78, 5) is 2.46. The second kappa shape index (κ2) is 13.7. The third-order valence-corrected chi connectivity index (χ3v) is 11.7. The molecule has 1 heterocycles. The third kappa shape index (κ3) is 5.56. The minimum atomic E-state index is 1.11. The van der Waals surface area contributed by atoms with Gasteiger partial charge in [0.2, 0.25) is 0 Å². The first kappa shape index (κ1) is 32.0. The molecule has 0 atom stereocenters. The summed E-state index contributed by atoms with van der Waals surface area (Å²) in [5.74, 6) is 0. The fourth-order valence-electron chi connectivity index (χ4n) is 8.03. The number of hydrogen-bond donors (Lipinski definition) is 0. The van der Waals surface area contributed by atoms with Gasteiger partial charge in [0.15, 0.2) is 0 Å². The molecule has 0 aliphatic carbocycles. The van der Waals surface area contributed by atoms with Gasteiger partial charge in [-0.25, -0.2) is 0 Å². The molecule has 1 nitrogen and oxygen atoms in total. The van der Waals surface area contributed by atoms with Gasteiger partial charge in [0.25, 0.3) is 0 Å². The number of fused-ring (bicyclic) bond motifs is 4. The van der Waals surface area contributed by atoms with Gasteiger partial charge < -0.3 is 4.90 Å². The van der Waals surface area contributed by atoms with E-state index in [9.17, 15) is 0 Å². The lowest BCUT2D eigenvalue weighted by atomic mass is 9.88. The van der Waals surface area contributed by atoms with Crippen LogP contribution in [0.25, 0.3) is 75.5 Å². The number of benzene rings is 9. The van der Waals surface area contributed by atoms with Gasteiger partial charge in [-0.05, 0) is 74.7 Å². The van der Waals surface area contributed by atoms with Crippen molar-refractivity contribution in [2.75, 3.05) is 4.90 Å². The Bertz CT molecular complexity index is 2950. The standard InChI is InChI=1S/C52H35NS/c1-2-17-36(18-3-1)40-23-6-7-25-43(40)44-26-8-9-27-45(44)46-28-10-12-32-50(46)53(49-33-15-20-37-19-4-5-24-41(37)49)39-22-14-21-38(35-39)42-30-16-31-48-47-29-11-13-34-51(47)54-52(42)48/h1-35H. The monoisotopic (exact) mass is 705 g/mol. The number of para-hydroxylation sites is 1. The summed E-state index contributed by atoms with van der Waals surface area (Å²) in [7, 11) is 0. The Balaban J connectivity index is 1.20. The SMILES string of the molecule is c1ccc(-c2ccccc2-c2ccccc2-c2ccccc2N(c2cccc(-c3cccc4c3sc3ccccc34)c2)c2cccc3ccccc23)cc1. The molecule has 0 amide bonds. The molecule has 0 saturated carbocycles. The Morgan fingerprint density at radius 3 is 1.67 bits per heavy atom. The highest BCUT2D eigenvalue weighted by atomic mass is 32.1. The number of thiophene rings is 1. The number of anilines is 3. The smallest absolute Gasteiger partial charge is 0.0540 e. The van der Waals surface area contributed by atoms with E-state index in [1.807, 2.05) is 11.3 Å². The molecule has 0 unspecified atom stereocenters. The lowest BCUT2D eigenvalue weighted by Crippen LogP contribution is -2.12. The van der Waals surface area contributed by atoms with E-state index >= 15 is 0 Å². The fraction of sp³-hybridized carbons (Fsp3) is 0. The van der Waals surface area contributed by atoms with Crippen LogP contribution in [-0.2, 0) is 0 Å². The van der Waals surface area contributed by atoms with Crippen molar-refractivity contribution in [1.82, 2.24) is 0 Å². The highest BCUT2D eigenvalue weighted by molar-refractivity contribution is 7.26. The summed E-state index contributed by atoms with van der Waals surface area (Å²) in [5, 5.41) is 5.03. The molecule has 0 saturated heterocycles. The van der Waals surface area contributed by atoms with Gasteiger partial charge in [0.1, 0.15) is 0 Å². The first-order valence-corrected chi connectivity index (χ1v) is 19.3. The highest BCUT2D eigenvalue weighted by Gasteiger charge is 2.22. The van der Waals surface area contributed by atoms with E-state index in [1.165, 1.54) is 75.5 Å². The maximum absolute atomic E-state index is 2.46. The minimum Gasteiger partial charge on any atom is -0.309 e. The molecule has 10 aromatic rings. The Morgan fingerprint density at radius 1 is 0.315 bits per heavy atom. The highest BCUT2D eigenvalue weighted by Crippen LogP contribution is 2.48. The quantitative estimate of drug-likeness (QED) is 0.160. The normalized spacial score (nSPS) is 11.3. The molecular formula is C52H35NS. The molecule has 10 rings (SSSR count). The molecule has 2 heteroatoms. The Hall–Kier alpha value is -6.74. The predicted molar refractivity (Wildman–Crippen MR) is 233 cm³/mol. The van der Waals surface area contributed by atoms with Crippen LogP contribution in [0.2, 0.25) is 0 Å². The summed E-state index contributed by atoms with van der Waals surface area (Å²) in [6.45, 7) is 0. The van der Waals surface area contributed by atoms with Crippen molar-refractivity contribution in [1.29, 1.82) is 0 Å². The lowest BCUT2D eigenvalue weighted by molar-refractivity contribution is 1.30. The van der Waals surface area contributed by atoms with Crippen LogP contribution in [-0.4, -0.2) is 0 Å². The van der Waals surface area contributed by atoms with Crippen LogP contribution < -0.4 is 4.90 Å². The second-order valence-electron chi connectivity index (χ2n) is 13.6. The molecule has 254 valence electrons. The van der Waals surface area contributed by atoms with Crippen LogP contribution in [0.4, 0.5) is 17.1 Å². The van der Waals surface area contributed by atoms with Crippen LogP contribution in [0.15, 0.2) is 212 Å². The summed E-state index contributed by atoms with van der Waals surface area (Å²) in [6, 6.07) is 77.1. The van der Waals surface area contributed by atoms with E-state index in [0.717, 1.165) is 17.1 Å². The number of nitrogens with zero attached hydrogens (tertiary/aromatic N) is 1. The summed E-state index contributed by atoms with van der Waals surface area (Å²) in [6.07, 6.45) is 0. The first-order chi connectivity index (χ1) is 26.8. The Kier molecular flexibility index (Phi) is 8.09. The van der Waals surface area contributed by atoms with E-state index < -0.39 is 0 Å². The largest absolute Gasteiger partial charge is 0.309 e. The van der Waals surface area contributed by atoms with Crippen LogP contribution in [0.1, 0.15) is 0 Å². The van der Waals surface area contributed by atoms with E-state index in [-0.39, 0.29) is 0 Å². The molecule has 0 radical (unpaired) electrons. The van der Waals surface area contributed by atoms with Gasteiger partial charge in [-0.15, -0.1) is 11.3 Å². The van der Waals surface area contributed by atoms with Crippen molar-refractivity contribution in [3.63, 3.8) is 0 Å². The first-order valence-electron chi connectivity index (χ1n) is 18.4. The molecule has 0 N–H and O–H groups in total. The van der Waals surface area contributed by atoms with E-state index in [1.54, 1.807) is 0 Å². The minimum absolute atomic E-state index is 1.11. The van der Waals surface area contributed by atoms with E-state index in [2.05, 4.69) is 217 Å². The molecule has 0 spiro atoms. The second-order valence-corrected chi connectivity index (χ2v) is 14.7. The van der Waals surface area contributed by atoms with Gasteiger partial charge in [0, 0.05) is 36.8 Å². The molecular weight excluding hydrogens is 671 g/mol. The third-order valence-electron chi connectivity index (χ3n) is 10.5. The molecule has 0 aliphatic heterocycles. The zero-order chi connectivity index (χ0) is 35.8. The van der Waals surface area contributed by atoms with Gasteiger partial charge in [0.05, 0.1) is 11.4 Å². The average Bonchev–Trinajstić information content (AvgIpc) is 3.64. The lowest BCUT2D eigenvalue weighted by Gasteiger charge is -2.30. The number of hydrogen-bond acceptors (Lipinski definition) is 2. The van der Waals surface area contributed by atoms with Gasteiger partial charge in [-0.3, -0.25) is 0 Å². The van der Waals surface area contributed by atoms with Crippen LogP contribution >= 0.6 is 11.3 Å². The molecule has 1 aromatic heterocycles. The zero-order valence-corrected chi connectivity index (χ0v) is 30.4. The van der Waals surface area contributed by atoms with E-state index in [0.29, 0.717) is 0 Å². The Labute approximate surface area is 319 Å². The molecule has 54 heavy (non-hydrogen) atoms. The summed E-state index contributed by atoms with van der Waals surface area (Å²) < 4.78 is 2.63. The number of rotatable bonds is 7. The van der Waals surface area contributed by atoms with Crippen LogP contribution in [0.3, 0.4) is 0 Å². The zero-order valence-electron chi connectivity index (χ0n) is 29.6. The van der Waals surface area contributed by atoms with Crippen molar-refractivity contribution in [2.24, 2.45) is 0 Å². The van der Waals surface area contributed by atoms with Crippen molar-refractivity contribution in [2.45, 2.75) is 0 Å². The Morgan fingerprint density at radius 2 is 0.833 bits per heavy atom. The average molecular weight is 706 g/mol. The van der Waals surface area contributed by atoms with Crippen LogP contribution in [0, 0.1) is 0 Å². The summed E-state index contributed by atoms with van der Waals surface area (Å²) in [5.41, 5.74) is 13.0. The predicted octanol–water partition coefficient (Wildman–Crippen LogP) is 15.3. The van der Waals surface area contributed by atoms with Gasteiger partial charge >= 0.3 is 0 Å². The molecule has 0 fully saturated rings. The van der Waals surface area contributed by atoms with Gasteiger partial charge in [-0.2, -0.15) is 0 Å². The molecule has 0 aliphatic rings. The van der Waals surface area contributed by atoms with Crippen molar-refractivity contribution in [3.8, 4) is 44.5 Å². The topological polar surface area (TPSA) is 3.24 Å². The van der Waals surface area contributed by atoms with Crippen molar-refractivity contribution < 1.29 is 0 Å². The van der Waals surface area contributed by atoms with E-state index in [4.69, 9.17) is 0 Å². The molecule has 0 bridgehead atoms. The fourth-order valence-corrected chi connectivity index (χ4v) is 9.27. The maximum Gasteiger partial charge on any atom is 0.0540 e.